The second-order valence-corrected chi connectivity index (χ2v) is 11.3. The predicted molar refractivity (Wildman–Crippen MR) is 146 cm³/mol. The minimum Gasteiger partial charge on any atom is -0.404 e. The topological polar surface area (TPSA) is 100 Å². The maximum absolute atomic E-state index is 13.5. The zero-order valence-corrected chi connectivity index (χ0v) is 23.0. The summed E-state index contributed by atoms with van der Waals surface area (Å²) in [5.41, 5.74) is 1.13. The van der Waals surface area contributed by atoms with Crippen LogP contribution in [-0.2, 0) is 10.0 Å². The first kappa shape index (κ1) is 29.4. The van der Waals surface area contributed by atoms with Crippen LogP contribution in [0.5, 0.6) is 5.75 Å². The molecule has 40 heavy (non-hydrogen) atoms. The fraction of sp³-hybridized carbons (Fsp3) is 0.385. The van der Waals surface area contributed by atoms with Gasteiger partial charge < -0.3 is 19.9 Å². The summed E-state index contributed by atoms with van der Waals surface area (Å²) in [6.07, 6.45) is -2.68. The highest BCUT2D eigenvalue weighted by molar-refractivity contribution is 7.89. The van der Waals surface area contributed by atoms with Gasteiger partial charge in [0.25, 0.3) is 5.56 Å². The Kier molecular flexibility index (Phi) is 9.01. The molecule has 10 nitrogen and oxygen atoms in total. The molecule has 1 saturated heterocycles. The molecule has 0 amide bonds. The van der Waals surface area contributed by atoms with Crippen molar-refractivity contribution in [2.75, 3.05) is 63.6 Å². The molecule has 2 heterocycles. The monoisotopic (exact) mass is 580 g/mol. The third-order valence-electron chi connectivity index (χ3n) is 6.31. The number of nitrogens with zero attached hydrogens (tertiary/aromatic N) is 5. The first-order valence-electron chi connectivity index (χ1n) is 12.6. The number of hydrogen-bond acceptors (Lipinski definition) is 8. The quantitative estimate of drug-likeness (QED) is 0.366. The van der Waals surface area contributed by atoms with Crippen LogP contribution in [0.15, 0.2) is 70.5 Å². The molecule has 0 saturated carbocycles. The SMILES string of the molecule is CN(C)CCCNc1c(N2CCN(S(=O)(=O)c3ccccc3OC(F)(F)F)CC2)cnn(-c2ccccc2)c1=O. The average Bonchev–Trinajstić information content (AvgIpc) is 2.91. The number of rotatable bonds is 10. The molecule has 1 aliphatic rings. The van der Waals surface area contributed by atoms with Crippen LogP contribution in [0.4, 0.5) is 24.5 Å². The van der Waals surface area contributed by atoms with E-state index in [0.717, 1.165) is 29.4 Å². The highest BCUT2D eigenvalue weighted by Gasteiger charge is 2.36. The molecular formula is C26H31F3N6O4S. The molecule has 1 aromatic heterocycles. The van der Waals surface area contributed by atoms with Gasteiger partial charge in [-0.3, -0.25) is 4.79 Å². The Hall–Kier alpha value is -3.62. The largest absolute Gasteiger partial charge is 0.573 e. The highest BCUT2D eigenvalue weighted by Crippen LogP contribution is 2.32. The normalized spacial score (nSPS) is 14.9. The van der Waals surface area contributed by atoms with Gasteiger partial charge in [0.1, 0.15) is 16.3 Å². The number of sulfonamides is 1. The van der Waals surface area contributed by atoms with Gasteiger partial charge in [0, 0.05) is 32.7 Å². The van der Waals surface area contributed by atoms with E-state index in [4.69, 9.17) is 0 Å². The van der Waals surface area contributed by atoms with Crippen LogP contribution >= 0.6 is 0 Å². The molecule has 0 bridgehead atoms. The van der Waals surface area contributed by atoms with Crippen molar-refractivity contribution < 1.29 is 26.3 Å². The first-order chi connectivity index (χ1) is 19.0. The van der Waals surface area contributed by atoms with Crippen LogP contribution < -0.4 is 20.5 Å². The Morgan fingerprint density at radius 1 is 1.00 bits per heavy atom. The summed E-state index contributed by atoms with van der Waals surface area (Å²) in [5.74, 6) is -0.782. The number of hydrogen-bond donors (Lipinski definition) is 1. The summed E-state index contributed by atoms with van der Waals surface area (Å²) in [6.45, 7) is 1.73. The van der Waals surface area contributed by atoms with Crippen molar-refractivity contribution in [1.29, 1.82) is 0 Å². The Morgan fingerprint density at radius 2 is 1.65 bits per heavy atom. The third kappa shape index (κ3) is 6.92. The lowest BCUT2D eigenvalue weighted by Crippen LogP contribution is -2.49. The van der Waals surface area contributed by atoms with Gasteiger partial charge >= 0.3 is 6.36 Å². The smallest absolute Gasteiger partial charge is 0.404 e. The second kappa shape index (κ2) is 12.3. The van der Waals surface area contributed by atoms with Gasteiger partial charge in [-0.2, -0.15) is 14.1 Å². The van der Waals surface area contributed by atoms with E-state index in [1.807, 2.05) is 30.0 Å². The van der Waals surface area contributed by atoms with Crippen molar-refractivity contribution >= 4 is 21.4 Å². The molecule has 1 aliphatic heterocycles. The number of para-hydroxylation sites is 2. The molecule has 2 aromatic carbocycles. The van der Waals surface area contributed by atoms with Crippen molar-refractivity contribution in [1.82, 2.24) is 19.0 Å². The van der Waals surface area contributed by atoms with E-state index in [-0.39, 0.29) is 31.7 Å². The number of halogens is 3. The molecule has 0 unspecified atom stereocenters. The van der Waals surface area contributed by atoms with E-state index < -0.39 is 27.0 Å². The molecule has 4 rings (SSSR count). The van der Waals surface area contributed by atoms with Gasteiger partial charge in [-0.15, -0.1) is 13.2 Å². The minimum absolute atomic E-state index is 0.00940. The maximum atomic E-state index is 13.5. The zero-order chi connectivity index (χ0) is 28.9. The molecule has 0 aliphatic carbocycles. The lowest BCUT2D eigenvalue weighted by molar-refractivity contribution is -0.275. The van der Waals surface area contributed by atoms with Gasteiger partial charge in [0.2, 0.25) is 10.0 Å². The Labute approximate surface area is 230 Å². The van der Waals surface area contributed by atoms with E-state index in [0.29, 0.717) is 23.6 Å². The number of ether oxygens (including phenoxy) is 1. The minimum atomic E-state index is -5.03. The number of benzene rings is 2. The van der Waals surface area contributed by atoms with Crippen molar-refractivity contribution in [2.24, 2.45) is 0 Å². The lowest BCUT2D eigenvalue weighted by atomic mass is 10.2. The van der Waals surface area contributed by atoms with Crippen LogP contribution in [0, 0.1) is 0 Å². The van der Waals surface area contributed by atoms with Crippen molar-refractivity contribution in [3.05, 3.63) is 71.1 Å². The van der Waals surface area contributed by atoms with Gasteiger partial charge in [-0.25, -0.2) is 8.42 Å². The van der Waals surface area contributed by atoms with E-state index in [1.165, 1.54) is 16.8 Å². The van der Waals surface area contributed by atoms with E-state index >= 15 is 0 Å². The molecule has 14 heteroatoms. The molecule has 0 spiro atoms. The number of anilines is 2. The molecule has 0 radical (unpaired) electrons. The summed E-state index contributed by atoms with van der Waals surface area (Å²) in [7, 11) is -0.358. The predicted octanol–water partition coefficient (Wildman–Crippen LogP) is 3.01. The average molecular weight is 581 g/mol. The lowest BCUT2D eigenvalue weighted by Gasteiger charge is -2.36. The Bertz CT molecular complexity index is 1460. The fourth-order valence-electron chi connectivity index (χ4n) is 4.39. The fourth-order valence-corrected chi connectivity index (χ4v) is 5.93. The maximum Gasteiger partial charge on any atom is 0.573 e. The number of piperazine rings is 1. The van der Waals surface area contributed by atoms with Crippen molar-refractivity contribution in [2.45, 2.75) is 17.7 Å². The highest BCUT2D eigenvalue weighted by atomic mass is 32.2. The van der Waals surface area contributed by atoms with Crippen LogP contribution in [0.25, 0.3) is 5.69 Å². The number of nitrogens with one attached hydrogen (secondary N) is 1. The molecule has 216 valence electrons. The summed E-state index contributed by atoms with van der Waals surface area (Å²) in [6, 6.07) is 13.7. The van der Waals surface area contributed by atoms with E-state index in [1.54, 1.807) is 30.5 Å². The second-order valence-electron chi connectivity index (χ2n) is 9.43. The Morgan fingerprint density at radius 3 is 2.30 bits per heavy atom. The molecule has 0 atom stereocenters. The molecule has 3 aromatic rings. The Balaban J connectivity index is 1.57. The molecule has 1 N–H and O–H groups in total. The molecular weight excluding hydrogens is 549 g/mol. The summed E-state index contributed by atoms with van der Waals surface area (Å²) < 4.78 is 71.5. The van der Waals surface area contributed by atoms with Crippen molar-refractivity contribution in [3.63, 3.8) is 0 Å². The van der Waals surface area contributed by atoms with Crippen LogP contribution in [0.1, 0.15) is 6.42 Å². The summed E-state index contributed by atoms with van der Waals surface area (Å²) in [4.78, 5) is 16.8. The van der Waals surface area contributed by atoms with Gasteiger partial charge in [0.05, 0.1) is 17.6 Å². The van der Waals surface area contributed by atoms with Crippen molar-refractivity contribution in [3.8, 4) is 11.4 Å². The van der Waals surface area contributed by atoms with E-state index in [9.17, 15) is 26.4 Å². The van der Waals surface area contributed by atoms with Crippen LogP contribution in [0.2, 0.25) is 0 Å². The van der Waals surface area contributed by atoms with E-state index in [2.05, 4.69) is 15.2 Å². The zero-order valence-electron chi connectivity index (χ0n) is 22.1. The van der Waals surface area contributed by atoms with Gasteiger partial charge in [-0.05, 0) is 51.3 Å². The summed E-state index contributed by atoms with van der Waals surface area (Å²) >= 11 is 0. The number of aromatic nitrogens is 2. The molecule has 1 fully saturated rings. The first-order valence-corrected chi connectivity index (χ1v) is 14.1. The van der Waals surface area contributed by atoms with Crippen LogP contribution in [0.3, 0.4) is 0 Å². The van der Waals surface area contributed by atoms with Gasteiger partial charge in [0.15, 0.2) is 0 Å². The third-order valence-corrected chi connectivity index (χ3v) is 8.25. The number of alkyl halides is 3. The van der Waals surface area contributed by atoms with Crippen LogP contribution in [-0.4, -0.2) is 87.1 Å². The standard InChI is InChI=1S/C26H31F3N6O4S/c1-32(2)14-8-13-30-24-21(19-31-35(25(24)36)20-9-4-3-5-10-20)33-15-17-34(18-16-33)40(37,38)23-12-7-6-11-22(23)39-26(27,28)29/h3-7,9-12,19,30H,8,13-18H2,1-2H3. The van der Waals surface area contributed by atoms with Gasteiger partial charge in [-0.1, -0.05) is 30.3 Å². The summed E-state index contributed by atoms with van der Waals surface area (Å²) in [5, 5.41) is 7.61.